The van der Waals surface area contributed by atoms with Crippen molar-refractivity contribution in [3.05, 3.63) is 30.3 Å². The van der Waals surface area contributed by atoms with Gasteiger partial charge in [-0.1, -0.05) is 18.2 Å². The van der Waals surface area contributed by atoms with Crippen molar-refractivity contribution in [1.82, 2.24) is 0 Å². The minimum atomic E-state index is -0.0672. The molecule has 3 nitrogen and oxygen atoms in total. The fourth-order valence-electron chi connectivity index (χ4n) is 1.21. The van der Waals surface area contributed by atoms with Crippen LogP contribution in [0.5, 0.6) is 0 Å². The molecule has 1 aromatic rings. The van der Waals surface area contributed by atoms with Crippen LogP contribution in [0.3, 0.4) is 0 Å². The molecule has 13 heavy (non-hydrogen) atoms. The molecule has 1 aromatic carbocycles. The molecule has 0 aliphatic heterocycles. The molecule has 3 heteroatoms. The van der Waals surface area contributed by atoms with Crippen molar-refractivity contribution in [2.24, 2.45) is 11.5 Å². The Labute approximate surface area is 79.1 Å². The number of nitrogens with one attached hydrogen (secondary N) is 1. The standard InChI is InChI=1S/C10H17N3/c1-8(11)7-10(12)13-9-5-3-2-4-6-9/h2-6,8,10,13H,7,11-12H2,1H3. The predicted octanol–water partition coefficient (Wildman–Crippen LogP) is 1.12. The molecule has 0 saturated heterocycles. The predicted molar refractivity (Wildman–Crippen MR) is 56.3 cm³/mol. The Hall–Kier alpha value is -1.06. The van der Waals surface area contributed by atoms with Crippen molar-refractivity contribution in [3.63, 3.8) is 0 Å². The van der Waals surface area contributed by atoms with Crippen LogP contribution in [0.2, 0.25) is 0 Å². The summed E-state index contributed by atoms with van der Waals surface area (Å²) >= 11 is 0. The number of nitrogens with two attached hydrogens (primary N) is 2. The fourth-order valence-corrected chi connectivity index (χ4v) is 1.21. The molecule has 0 spiro atoms. The van der Waals surface area contributed by atoms with Crippen LogP contribution in [-0.2, 0) is 0 Å². The topological polar surface area (TPSA) is 64.1 Å². The minimum Gasteiger partial charge on any atom is -0.370 e. The number of rotatable bonds is 4. The highest BCUT2D eigenvalue weighted by molar-refractivity contribution is 5.43. The SMILES string of the molecule is CC(N)CC(N)Nc1ccccc1. The molecule has 0 saturated carbocycles. The van der Waals surface area contributed by atoms with Crippen LogP contribution in [0.25, 0.3) is 0 Å². The van der Waals surface area contributed by atoms with E-state index in [-0.39, 0.29) is 12.2 Å². The summed E-state index contributed by atoms with van der Waals surface area (Å²) in [6.45, 7) is 1.95. The van der Waals surface area contributed by atoms with Gasteiger partial charge >= 0.3 is 0 Å². The molecule has 0 bridgehead atoms. The molecule has 5 N–H and O–H groups in total. The number of hydrogen-bond donors (Lipinski definition) is 3. The Bertz CT molecular complexity index is 233. The highest BCUT2D eigenvalue weighted by Gasteiger charge is 2.04. The van der Waals surface area contributed by atoms with Crippen LogP contribution >= 0.6 is 0 Å². The quantitative estimate of drug-likeness (QED) is 0.607. The van der Waals surface area contributed by atoms with Crippen LogP contribution < -0.4 is 16.8 Å². The summed E-state index contributed by atoms with van der Waals surface area (Å²) in [5.74, 6) is 0. The Morgan fingerprint density at radius 2 is 1.85 bits per heavy atom. The maximum absolute atomic E-state index is 5.82. The van der Waals surface area contributed by atoms with Crippen molar-refractivity contribution >= 4 is 5.69 Å². The second-order valence-electron chi connectivity index (χ2n) is 3.33. The van der Waals surface area contributed by atoms with Gasteiger partial charge in [-0.3, -0.25) is 0 Å². The summed E-state index contributed by atoms with van der Waals surface area (Å²) in [5, 5.41) is 3.17. The van der Waals surface area contributed by atoms with Crippen LogP contribution in [0, 0.1) is 0 Å². The summed E-state index contributed by atoms with van der Waals surface area (Å²) in [6.07, 6.45) is 0.705. The molecule has 0 aliphatic carbocycles. The van der Waals surface area contributed by atoms with E-state index in [4.69, 9.17) is 11.5 Å². The summed E-state index contributed by atoms with van der Waals surface area (Å²) < 4.78 is 0. The first-order valence-corrected chi connectivity index (χ1v) is 4.51. The summed E-state index contributed by atoms with van der Waals surface area (Å²) in [4.78, 5) is 0. The van der Waals surface area contributed by atoms with Gasteiger partial charge in [0.1, 0.15) is 0 Å². The Balaban J connectivity index is 2.41. The zero-order valence-electron chi connectivity index (χ0n) is 7.90. The van der Waals surface area contributed by atoms with Crippen molar-refractivity contribution < 1.29 is 0 Å². The van der Waals surface area contributed by atoms with Gasteiger partial charge in [0.05, 0.1) is 6.17 Å². The Morgan fingerprint density at radius 1 is 1.23 bits per heavy atom. The molecule has 1 rings (SSSR count). The third kappa shape index (κ3) is 3.92. The van der Waals surface area contributed by atoms with E-state index in [1.54, 1.807) is 0 Å². The van der Waals surface area contributed by atoms with Gasteiger partial charge in [-0.05, 0) is 25.5 Å². The average molecular weight is 179 g/mol. The smallest absolute Gasteiger partial charge is 0.0757 e. The molecule has 0 aliphatic rings. The molecule has 72 valence electrons. The van der Waals surface area contributed by atoms with Crippen molar-refractivity contribution in [1.29, 1.82) is 0 Å². The van der Waals surface area contributed by atoms with E-state index >= 15 is 0 Å². The van der Waals surface area contributed by atoms with Crippen LogP contribution in [-0.4, -0.2) is 12.2 Å². The Kier molecular flexibility index (Phi) is 3.73. The maximum atomic E-state index is 5.82. The van der Waals surface area contributed by atoms with E-state index in [1.807, 2.05) is 37.3 Å². The number of anilines is 1. The second-order valence-corrected chi connectivity index (χ2v) is 3.33. The molecule has 0 amide bonds. The number of hydrogen-bond acceptors (Lipinski definition) is 3. The molecule has 2 unspecified atom stereocenters. The van der Waals surface area contributed by atoms with E-state index in [0.29, 0.717) is 0 Å². The van der Waals surface area contributed by atoms with Crippen LogP contribution in [0.4, 0.5) is 5.69 Å². The van der Waals surface area contributed by atoms with Crippen molar-refractivity contribution in [2.75, 3.05) is 5.32 Å². The lowest BCUT2D eigenvalue weighted by Crippen LogP contribution is -2.35. The normalized spacial score (nSPS) is 15.0. The van der Waals surface area contributed by atoms with Gasteiger partial charge in [0.2, 0.25) is 0 Å². The lowest BCUT2D eigenvalue weighted by molar-refractivity contribution is 0.589. The van der Waals surface area contributed by atoms with Gasteiger partial charge in [-0.2, -0.15) is 0 Å². The van der Waals surface area contributed by atoms with Gasteiger partial charge < -0.3 is 16.8 Å². The van der Waals surface area contributed by atoms with Crippen LogP contribution in [0.1, 0.15) is 13.3 Å². The summed E-state index contributed by atoms with van der Waals surface area (Å²) in [7, 11) is 0. The Morgan fingerprint density at radius 3 is 2.38 bits per heavy atom. The van der Waals surface area contributed by atoms with Gasteiger partial charge in [-0.25, -0.2) is 0 Å². The van der Waals surface area contributed by atoms with Gasteiger partial charge in [-0.15, -0.1) is 0 Å². The van der Waals surface area contributed by atoms with Crippen LogP contribution in [0.15, 0.2) is 30.3 Å². The molecule has 0 heterocycles. The molecule has 0 aromatic heterocycles. The zero-order chi connectivity index (χ0) is 9.68. The first kappa shape index (κ1) is 10.0. The number of para-hydroxylation sites is 1. The lowest BCUT2D eigenvalue weighted by atomic mass is 10.2. The first-order chi connectivity index (χ1) is 6.18. The first-order valence-electron chi connectivity index (χ1n) is 4.51. The van der Waals surface area contributed by atoms with E-state index in [0.717, 1.165) is 12.1 Å². The van der Waals surface area contributed by atoms with E-state index < -0.39 is 0 Å². The van der Waals surface area contributed by atoms with Gasteiger partial charge in [0, 0.05) is 11.7 Å². The minimum absolute atomic E-state index is 0.0672. The van der Waals surface area contributed by atoms with E-state index in [1.165, 1.54) is 0 Å². The van der Waals surface area contributed by atoms with E-state index in [9.17, 15) is 0 Å². The highest BCUT2D eigenvalue weighted by atomic mass is 15.0. The average Bonchev–Trinajstić information content (AvgIpc) is 2.04. The largest absolute Gasteiger partial charge is 0.370 e. The van der Waals surface area contributed by atoms with Crippen molar-refractivity contribution in [3.8, 4) is 0 Å². The lowest BCUT2D eigenvalue weighted by Gasteiger charge is -2.16. The third-order valence-corrected chi connectivity index (χ3v) is 1.75. The zero-order valence-corrected chi connectivity index (χ0v) is 7.90. The molecular weight excluding hydrogens is 162 g/mol. The molecular formula is C10H17N3. The van der Waals surface area contributed by atoms with Gasteiger partial charge in [0.15, 0.2) is 0 Å². The van der Waals surface area contributed by atoms with E-state index in [2.05, 4.69) is 5.32 Å². The maximum Gasteiger partial charge on any atom is 0.0757 e. The van der Waals surface area contributed by atoms with Gasteiger partial charge in [0.25, 0.3) is 0 Å². The van der Waals surface area contributed by atoms with Crippen molar-refractivity contribution in [2.45, 2.75) is 25.6 Å². The summed E-state index contributed by atoms with van der Waals surface area (Å²) in [6, 6.07) is 10.0. The molecule has 0 radical (unpaired) electrons. The monoisotopic (exact) mass is 179 g/mol. The molecule has 2 atom stereocenters. The second kappa shape index (κ2) is 4.84. The third-order valence-electron chi connectivity index (χ3n) is 1.75. The summed E-state index contributed by atoms with van der Waals surface area (Å²) in [5.41, 5.74) is 12.5. The number of benzene rings is 1. The fraction of sp³-hybridized carbons (Fsp3) is 0.400. The molecule has 0 fully saturated rings. The highest BCUT2D eigenvalue weighted by Crippen LogP contribution is 2.06.